The Hall–Kier alpha value is -2.89. The number of H-pyrrole nitrogens is 1. The maximum atomic E-state index is 12.1. The van der Waals surface area contributed by atoms with E-state index in [2.05, 4.69) is 45.3 Å². The minimum absolute atomic E-state index is 0.0533. The van der Waals surface area contributed by atoms with E-state index in [1.807, 2.05) is 13.0 Å². The predicted molar refractivity (Wildman–Crippen MR) is 107 cm³/mol. The predicted octanol–water partition coefficient (Wildman–Crippen LogP) is 3.40. The number of aromatic nitrogens is 3. The summed E-state index contributed by atoms with van der Waals surface area (Å²) in [5, 5.41) is 2.85. The van der Waals surface area contributed by atoms with Gasteiger partial charge in [0.1, 0.15) is 11.6 Å². The third-order valence-electron chi connectivity index (χ3n) is 5.21. The third kappa shape index (κ3) is 3.52. The fourth-order valence-electron chi connectivity index (χ4n) is 3.79. The summed E-state index contributed by atoms with van der Waals surface area (Å²) in [6.07, 6.45) is 3.90. The number of carbonyl (C=O) groups excluding carboxylic acids is 1. The van der Waals surface area contributed by atoms with Gasteiger partial charge in [0.05, 0.1) is 11.0 Å². The number of hydrogen-bond acceptors (Lipinski definition) is 4. The molecule has 1 amide bonds. The average molecular weight is 363 g/mol. The first-order valence-corrected chi connectivity index (χ1v) is 9.60. The van der Waals surface area contributed by atoms with Crippen LogP contribution in [0.1, 0.15) is 47.4 Å². The van der Waals surface area contributed by atoms with Crippen LogP contribution in [0.15, 0.2) is 36.5 Å². The van der Waals surface area contributed by atoms with Crippen LogP contribution in [0.25, 0.3) is 11.0 Å². The van der Waals surface area contributed by atoms with E-state index in [0.717, 1.165) is 48.6 Å². The van der Waals surface area contributed by atoms with Crippen molar-refractivity contribution >= 4 is 22.8 Å². The van der Waals surface area contributed by atoms with Gasteiger partial charge in [-0.25, -0.2) is 9.97 Å². The molecule has 0 bridgehead atoms. The van der Waals surface area contributed by atoms with Gasteiger partial charge >= 0.3 is 0 Å². The lowest BCUT2D eigenvalue weighted by molar-refractivity contribution is 0.0955. The average Bonchev–Trinajstić information content (AvgIpc) is 3.14. The Bertz CT molecular complexity index is 964. The minimum atomic E-state index is -0.0533. The van der Waals surface area contributed by atoms with E-state index in [1.54, 1.807) is 12.3 Å². The molecule has 1 aliphatic rings. The van der Waals surface area contributed by atoms with E-state index in [-0.39, 0.29) is 5.91 Å². The van der Waals surface area contributed by atoms with Crippen molar-refractivity contribution in [2.24, 2.45) is 0 Å². The molecular weight excluding hydrogens is 338 g/mol. The molecule has 6 heteroatoms. The van der Waals surface area contributed by atoms with Crippen LogP contribution in [0.4, 0.5) is 5.82 Å². The Labute approximate surface area is 159 Å². The number of nitrogens with one attached hydrogen (secondary N) is 2. The lowest BCUT2D eigenvalue weighted by atomic mass is 9.97. The summed E-state index contributed by atoms with van der Waals surface area (Å²) in [6.45, 7) is 6.43. The molecule has 3 heterocycles. The molecule has 1 atom stereocenters. The van der Waals surface area contributed by atoms with Crippen molar-refractivity contribution in [1.82, 2.24) is 20.3 Å². The number of imidazole rings is 1. The Morgan fingerprint density at radius 1 is 1.37 bits per heavy atom. The van der Waals surface area contributed by atoms with E-state index in [1.165, 1.54) is 5.56 Å². The summed E-state index contributed by atoms with van der Waals surface area (Å²) in [6, 6.07) is 9.88. The molecule has 0 aliphatic carbocycles. The van der Waals surface area contributed by atoms with E-state index in [0.29, 0.717) is 18.0 Å². The quantitative estimate of drug-likeness (QED) is 0.745. The van der Waals surface area contributed by atoms with Gasteiger partial charge in [-0.1, -0.05) is 12.1 Å². The monoisotopic (exact) mass is 363 g/mol. The first kappa shape index (κ1) is 17.5. The minimum Gasteiger partial charge on any atom is -0.356 e. The summed E-state index contributed by atoms with van der Waals surface area (Å²) in [5.74, 6) is 2.18. The SMILES string of the molecule is CCNC(=O)c1ccnc(N2CCC[C@@H](c3nc4c(C)cccc4[nH]3)C2)c1. The maximum Gasteiger partial charge on any atom is 0.251 e. The standard InChI is InChI=1S/C21H25N5O/c1-3-22-21(27)15-9-10-23-18(12-15)26-11-5-7-16(13-26)20-24-17-8-4-6-14(2)19(17)25-20/h4,6,8-10,12,16H,3,5,7,11,13H2,1-2H3,(H,22,27)(H,24,25)/t16-/m1/s1. The lowest BCUT2D eigenvalue weighted by Crippen LogP contribution is -2.35. The highest BCUT2D eigenvalue weighted by Gasteiger charge is 2.25. The van der Waals surface area contributed by atoms with Crippen molar-refractivity contribution < 1.29 is 4.79 Å². The number of hydrogen-bond donors (Lipinski definition) is 2. The van der Waals surface area contributed by atoms with Crippen molar-refractivity contribution in [2.75, 3.05) is 24.5 Å². The van der Waals surface area contributed by atoms with Gasteiger partial charge < -0.3 is 15.2 Å². The first-order chi connectivity index (χ1) is 13.2. The number of amides is 1. The topological polar surface area (TPSA) is 73.9 Å². The zero-order chi connectivity index (χ0) is 18.8. The molecular formula is C21H25N5O. The van der Waals surface area contributed by atoms with Gasteiger partial charge in [-0.3, -0.25) is 4.79 Å². The Morgan fingerprint density at radius 3 is 3.07 bits per heavy atom. The van der Waals surface area contributed by atoms with Gasteiger partial charge in [-0.2, -0.15) is 0 Å². The molecule has 1 fully saturated rings. The molecule has 0 spiro atoms. The largest absolute Gasteiger partial charge is 0.356 e. The number of anilines is 1. The Morgan fingerprint density at radius 2 is 2.26 bits per heavy atom. The molecule has 1 saturated heterocycles. The van der Waals surface area contributed by atoms with Crippen molar-refractivity contribution in [3.8, 4) is 0 Å². The van der Waals surface area contributed by atoms with Crippen LogP contribution < -0.4 is 10.2 Å². The number of pyridine rings is 1. The molecule has 140 valence electrons. The fourth-order valence-corrected chi connectivity index (χ4v) is 3.79. The molecule has 27 heavy (non-hydrogen) atoms. The highest BCUT2D eigenvalue weighted by atomic mass is 16.1. The Kier molecular flexibility index (Phi) is 4.79. The molecule has 0 radical (unpaired) electrons. The molecule has 2 N–H and O–H groups in total. The summed E-state index contributed by atoms with van der Waals surface area (Å²) in [5.41, 5.74) is 4.00. The number of nitrogens with zero attached hydrogens (tertiary/aromatic N) is 3. The normalized spacial score (nSPS) is 17.3. The van der Waals surface area contributed by atoms with Crippen LogP contribution in [-0.2, 0) is 0 Å². The van der Waals surface area contributed by atoms with Crippen molar-refractivity contribution in [3.05, 3.63) is 53.5 Å². The molecule has 0 saturated carbocycles. The molecule has 1 aliphatic heterocycles. The van der Waals surface area contributed by atoms with Gasteiger partial charge in [-0.05, 0) is 50.5 Å². The smallest absolute Gasteiger partial charge is 0.251 e. The van der Waals surface area contributed by atoms with Gasteiger partial charge in [0, 0.05) is 37.3 Å². The summed E-state index contributed by atoms with van der Waals surface area (Å²) in [7, 11) is 0. The van der Waals surface area contributed by atoms with Crippen LogP contribution in [0.3, 0.4) is 0 Å². The maximum absolute atomic E-state index is 12.1. The van der Waals surface area contributed by atoms with E-state index in [9.17, 15) is 4.79 Å². The number of para-hydroxylation sites is 1. The van der Waals surface area contributed by atoms with E-state index < -0.39 is 0 Å². The van der Waals surface area contributed by atoms with Crippen LogP contribution in [0, 0.1) is 6.92 Å². The highest BCUT2D eigenvalue weighted by molar-refractivity contribution is 5.94. The Balaban J connectivity index is 1.56. The van der Waals surface area contributed by atoms with Crippen molar-refractivity contribution in [3.63, 3.8) is 0 Å². The van der Waals surface area contributed by atoms with Crippen molar-refractivity contribution in [1.29, 1.82) is 0 Å². The molecule has 1 aromatic carbocycles. The lowest BCUT2D eigenvalue weighted by Gasteiger charge is -2.32. The van der Waals surface area contributed by atoms with Crippen LogP contribution >= 0.6 is 0 Å². The summed E-state index contributed by atoms with van der Waals surface area (Å²) >= 11 is 0. The number of rotatable bonds is 4. The van der Waals surface area contributed by atoms with Crippen LogP contribution in [0.2, 0.25) is 0 Å². The molecule has 0 unspecified atom stereocenters. The fraction of sp³-hybridized carbons (Fsp3) is 0.381. The second-order valence-electron chi connectivity index (χ2n) is 7.14. The first-order valence-electron chi connectivity index (χ1n) is 9.60. The van der Waals surface area contributed by atoms with Gasteiger partial charge in [0.15, 0.2) is 0 Å². The number of piperidine rings is 1. The molecule has 2 aromatic heterocycles. The van der Waals surface area contributed by atoms with E-state index in [4.69, 9.17) is 4.98 Å². The number of aryl methyl sites for hydroxylation is 1. The van der Waals surface area contributed by atoms with Crippen molar-refractivity contribution in [2.45, 2.75) is 32.6 Å². The van der Waals surface area contributed by atoms with Gasteiger partial charge in [0.2, 0.25) is 0 Å². The molecule has 4 rings (SSSR count). The second-order valence-corrected chi connectivity index (χ2v) is 7.14. The zero-order valence-corrected chi connectivity index (χ0v) is 15.8. The highest BCUT2D eigenvalue weighted by Crippen LogP contribution is 2.29. The number of carbonyl (C=O) groups is 1. The zero-order valence-electron chi connectivity index (χ0n) is 15.8. The third-order valence-corrected chi connectivity index (χ3v) is 5.21. The summed E-state index contributed by atoms with van der Waals surface area (Å²) < 4.78 is 0. The summed E-state index contributed by atoms with van der Waals surface area (Å²) in [4.78, 5) is 27.3. The molecule has 3 aromatic rings. The second kappa shape index (κ2) is 7.39. The number of aromatic amines is 1. The molecule has 6 nitrogen and oxygen atoms in total. The van der Waals surface area contributed by atoms with Crippen LogP contribution in [-0.4, -0.2) is 40.5 Å². The number of fused-ring (bicyclic) bond motifs is 1. The van der Waals surface area contributed by atoms with E-state index >= 15 is 0 Å². The number of benzene rings is 1. The van der Waals surface area contributed by atoms with Crippen LogP contribution in [0.5, 0.6) is 0 Å². The van der Waals surface area contributed by atoms with Gasteiger partial charge in [-0.15, -0.1) is 0 Å². The van der Waals surface area contributed by atoms with Gasteiger partial charge in [0.25, 0.3) is 5.91 Å².